The lowest BCUT2D eigenvalue weighted by atomic mass is 9.97. The average Bonchev–Trinajstić information content (AvgIpc) is 2.36. The van der Waals surface area contributed by atoms with E-state index in [1.807, 2.05) is 27.7 Å². The Labute approximate surface area is 103 Å². The van der Waals surface area contributed by atoms with E-state index in [-0.39, 0.29) is 0 Å². The van der Waals surface area contributed by atoms with E-state index >= 15 is 0 Å². The second-order valence-electron chi connectivity index (χ2n) is 3.58. The van der Waals surface area contributed by atoms with Gasteiger partial charge >= 0.3 is 0 Å². The van der Waals surface area contributed by atoms with Crippen LogP contribution in [0.4, 0.5) is 0 Å². The molecule has 0 saturated carbocycles. The Morgan fingerprint density at radius 1 is 0.938 bits per heavy atom. The van der Waals surface area contributed by atoms with Crippen LogP contribution in [-0.2, 0) is 6.42 Å². The van der Waals surface area contributed by atoms with Crippen LogP contribution in [0.5, 0.6) is 0 Å². The zero-order valence-corrected chi connectivity index (χ0v) is 12.1. The van der Waals surface area contributed by atoms with Crippen molar-refractivity contribution in [1.29, 1.82) is 0 Å². The van der Waals surface area contributed by atoms with Crippen molar-refractivity contribution in [2.45, 2.75) is 60.8 Å². The molecule has 1 atom stereocenters. The molecule has 0 aliphatic carbocycles. The molecule has 0 N–H and O–H groups in total. The van der Waals surface area contributed by atoms with Gasteiger partial charge in [-0.1, -0.05) is 84.7 Å². The first-order valence-electron chi connectivity index (χ1n) is 6.87. The van der Waals surface area contributed by atoms with E-state index in [9.17, 15) is 0 Å². The van der Waals surface area contributed by atoms with Gasteiger partial charge in [-0.25, -0.2) is 0 Å². The maximum atomic E-state index is 2.33. The van der Waals surface area contributed by atoms with Crippen LogP contribution in [0.1, 0.15) is 59.9 Å². The van der Waals surface area contributed by atoms with Crippen LogP contribution in [0.15, 0.2) is 30.3 Å². The molecule has 1 aromatic carbocycles. The Morgan fingerprint density at radius 2 is 1.44 bits per heavy atom. The molecule has 0 spiro atoms. The molecule has 1 rings (SSSR count). The van der Waals surface area contributed by atoms with Crippen LogP contribution < -0.4 is 0 Å². The van der Waals surface area contributed by atoms with Gasteiger partial charge in [-0.15, -0.1) is 0 Å². The highest BCUT2D eigenvalue weighted by Crippen LogP contribution is 2.12. The molecule has 0 aliphatic rings. The van der Waals surface area contributed by atoms with Crippen molar-refractivity contribution in [3.8, 4) is 0 Å². The first kappa shape index (κ1) is 17.6. The lowest BCUT2D eigenvalue weighted by Gasteiger charge is -2.08. The van der Waals surface area contributed by atoms with Gasteiger partial charge in [-0.2, -0.15) is 0 Å². The molecule has 0 heteroatoms. The topological polar surface area (TPSA) is 0 Å². The van der Waals surface area contributed by atoms with Crippen molar-refractivity contribution in [3.05, 3.63) is 35.9 Å². The number of benzene rings is 1. The van der Waals surface area contributed by atoms with Gasteiger partial charge in [-0.3, -0.25) is 0 Å². The zero-order chi connectivity index (χ0) is 12.8. The SMILES string of the molecule is CC.CC.CCCC(C)Cc1ccccc1. The van der Waals surface area contributed by atoms with E-state index in [4.69, 9.17) is 0 Å². The summed E-state index contributed by atoms with van der Waals surface area (Å²) in [6.07, 6.45) is 3.87. The third-order valence-electron chi connectivity index (χ3n) is 2.21. The summed E-state index contributed by atoms with van der Waals surface area (Å²) in [6.45, 7) is 12.6. The van der Waals surface area contributed by atoms with Crippen LogP contribution in [0.3, 0.4) is 0 Å². The summed E-state index contributed by atoms with van der Waals surface area (Å²) in [5.41, 5.74) is 1.47. The predicted molar refractivity (Wildman–Crippen MR) is 76.9 cm³/mol. The number of hydrogen-bond donors (Lipinski definition) is 0. The molecule has 16 heavy (non-hydrogen) atoms. The number of hydrogen-bond acceptors (Lipinski definition) is 0. The quantitative estimate of drug-likeness (QED) is 0.611. The van der Waals surface area contributed by atoms with Crippen LogP contribution in [-0.4, -0.2) is 0 Å². The van der Waals surface area contributed by atoms with E-state index in [1.165, 1.54) is 24.8 Å². The Kier molecular flexibility index (Phi) is 15.7. The fourth-order valence-corrected chi connectivity index (χ4v) is 1.61. The van der Waals surface area contributed by atoms with Gasteiger partial charge in [0.05, 0.1) is 0 Å². The van der Waals surface area contributed by atoms with Crippen molar-refractivity contribution in [2.24, 2.45) is 5.92 Å². The van der Waals surface area contributed by atoms with Gasteiger partial charge in [-0.05, 0) is 17.9 Å². The maximum Gasteiger partial charge on any atom is -0.0253 e. The molecule has 0 bridgehead atoms. The molecule has 0 amide bonds. The molecular formula is C16H30. The van der Waals surface area contributed by atoms with Crippen LogP contribution in [0.2, 0.25) is 0 Å². The minimum absolute atomic E-state index is 0.831. The standard InChI is InChI=1S/C12H18.2C2H6/c1-3-7-11(2)10-12-8-5-4-6-9-12;2*1-2/h4-6,8-9,11H,3,7,10H2,1-2H3;2*1-2H3. The van der Waals surface area contributed by atoms with Gasteiger partial charge in [0.15, 0.2) is 0 Å². The van der Waals surface area contributed by atoms with Crippen molar-refractivity contribution in [3.63, 3.8) is 0 Å². The highest BCUT2D eigenvalue weighted by atomic mass is 14.1. The fourth-order valence-electron chi connectivity index (χ4n) is 1.61. The minimum atomic E-state index is 0.831. The molecule has 0 saturated heterocycles. The summed E-state index contributed by atoms with van der Waals surface area (Å²) in [7, 11) is 0. The molecule has 0 aliphatic heterocycles. The molecule has 1 unspecified atom stereocenters. The summed E-state index contributed by atoms with van der Waals surface area (Å²) < 4.78 is 0. The Balaban J connectivity index is 0. The van der Waals surface area contributed by atoms with Crippen molar-refractivity contribution < 1.29 is 0 Å². The van der Waals surface area contributed by atoms with E-state index < -0.39 is 0 Å². The second-order valence-corrected chi connectivity index (χ2v) is 3.58. The lowest BCUT2D eigenvalue weighted by Crippen LogP contribution is -1.98. The van der Waals surface area contributed by atoms with Gasteiger partial charge in [0, 0.05) is 0 Å². The minimum Gasteiger partial charge on any atom is -0.0683 e. The van der Waals surface area contributed by atoms with Gasteiger partial charge < -0.3 is 0 Å². The first-order valence-corrected chi connectivity index (χ1v) is 6.87. The summed E-state index contributed by atoms with van der Waals surface area (Å²) in [6, 6.07) is 10.7. The maximum absolute atomic E-state index is 2.33. The van der Waals surface area contributed by atoms with Gasteiger partial charge in [0.1, 0.15) is 0 Å². The Hall–Kier alpha value is -0.780. The Bertz CT molecular complexity index is 201. The molecule has 0 fully saturated rings. The summed E-state index contributed by atoms with van der Waals surface area (Å²) >= 11 is 0. The van der Waals surface area contributed by atoms with E-state index in [0.717, 1.165) is 5.92 Å². The lowest BCUT2D eigenvalue weighted by molar-refractivity contribution is 0.522. The first-order chi connectivity index (χ1) is 7.83. The zero-order valence-electron chi connectivity index (χ0n) is 12.1. The van der Waals surface area contributed by atoms with Gasteiger partial charge in [0.2, 0.25) is 0 Å². The molecule has 0 nitrogen and oxygen atoms in total. The largest absolute Gasteiger partial charge is 0.0683 e. The smallest absolute Gasteiger partial charge is 0.0253 e. The second kappa shape index (κ2) is 14.2. The molecule has 0 radical (unpaired) electrons. The Morgan fingerprint density at radius 3 is 1.88 bits per heavy atom. The highest BCUT2D eigenvalue weighted by molar-refractivity contribution is 5.14. The molecule has 94 valence electrons. The predicted octanol–water partition coefficient (Wildman–Crippen LogP) is 5.72. The van der Waals surface area contributed by atoms with Crippen molar-refractivity contribution >= 4 is 0 Å². The monoisotopic (exact) mass is 222 g/mol. The molecule has 0 aromatic heterocycles. The van der Waals surface area contributed by atoms with Crippen LogP contribution in [0, 0.1) is 5.92 Å². The molecular weight excluding hydrogens is 192 g/mol. The summed E-state index contributed by atoms with van der Waals surface area (Å²) in [5, 5.41) is 0. The van der Waals surface area contributed by atoms with E-state index in [2.05, 4.69) is 44.2 Å². The molecule has 0 heterocycles. The third kappa shape index (κ3) is 9.76. The average molecular weight is 222 g/mol. The van der Waals surface area contributed by atoms with E-state index in [0.29, 0.717) is 0 Å². The van der Waals surface area contributed by atoms with Crippen LogP contribution in [0.25, 0.3) is 0 Å². The van der Waals surface area contributed by atoms with Gasteiger partial charge in [0.25, 0.3) is 0 Å². The highest BCUT2D eigenvalue weighted by Gasteiger charge is 2.00. The number of rotatable bonds is 4. The van der Waals surface area contributed by atoms with E-state index in [1.54, 1.807) is 0 Å². The third-order valence-corrected chi connectivity index (χ3v) is 2.21. The summed E-state index contributed by atoms with van der Waals surface area (Å²) in [4.78, 5) is 0. The fraction of sp³-hybridized carbons (Fsp3) is 0.625. The van der Waals surface area contributed by atoms with Crippen molar-refractivity contribution in [1.82, 2.24) is 0 Å². The molecule has 1 aromatic rings. The van der Waals surface area contributed by atoms with Crippen LogP contribution >= 0.6 is 0 Å². The van der Waals surface area contributed by atoms with Crippen molar-refractivity contribution in [2.75, 3.05) is 0 Å². The summed E-state index contributed by atoms with van der Waals surface area (Å²) in [5.74, 6) is 0.831. The normalized spacial score (nSPS) is 10.4.